The van der Waals surface area contributed by atoms with Gasteiger partial charge in [-0.1, -0.05) is 12.2 Å². The van der Waals surface area contributed by atoms with Crippen LogP contribution < -0.4 is 0 Å². The van der Waals surface area contributed by atoms with Gasteiger partial charge in [-0.3, -0.25) is 4.79 Å². The van der Waals surface area contributed by atoms with Crippen molar-refractivity contribution in [1.29, 1.82) is 0 Å². The van der Waals surface area contributed by atoms with Crippen molar-refractivity contribution >= 4 is 5.97 Å². The molecule has 0 aromatic rings. The molecular formula is C11H14O2. The molecule has 1 aliphatic heterocycles. The van der Waals surface area contributed by atoms with Crippen LogP contribution >= 0.6 is 0 Å². The molecule has 0 N–H and O–H groups in total. The van der Waals surface area contributed by atoms with Crippen LogP contribution in [0, 0.1) is 11.8 Å². The molecule has 3 atom stereocenters. The van der Waals surface area contributed by atoms with Crippen LogP contribution in [0.4, 0.5) is 0 Å². The summed E-state index contributed by atoms with van der Waals surface area (Å²) in [6, 6.07) is 0. The number of hydrogen-bond acceptors (Lipinski definition) is 2. The highest BCUT2D eigenvalue weighted by atomic mass is 16.6. The first-order chi connectivity index (χ1) is 6.21. The molecule has 3 aliphatic rings. The summed E-state index contributed by atoms with van der Waals surface area (Å²) in [6.07, 6.45) is 5.10. The zero-order chi connectivity index (χ0) is 9.05. The number of carbonyl (C=O) groups excluding carboxylic acids is 1. The molecule has 0 amide bonds. The van der Waals surface area contributed by atoms with Crippen LogP contribution in [-0.2, 0) is 9.53 Å². The summed E-state index contributed by atoms with van der Waals surface area (Å²) in [7, 11) is 0. The van der Waals surface area contributed by atoms with Crippen LogP contribution in [0.25, 0.3) is 0 Å². The Hall–Kier alpha value is -0.790. The minimum absolute atomic E-state index is 0.0180. The van der Waals surface area contributed by atoms with Gasteiger partial charge in [0.25, 0.3) is 0 Å². The smallest absolute Gasteiger partial charge is 0.306 e. The predicted octanol–water partition coefficient (Wildman–Crippen LogP) is 2.05. The van der Waals surface area contributed by atoms with Gasteiger partial charge in [-0.05, 0) is 19.3 Å². The number of rotatable bonds is 0. The van der Waals surface area contributed by atoms with Crippen molar-refractivity contribution in [3.63, 3.8) is 0 Å². The summed E-state index contributed by atoms with van der Waals surface area (Å²) in [5.74, 6) is 1.12. The molecular weight excluding hydrogens is 164 g/mol. The van der Waals surface area contributed by atoms with Gasteiger partial charge in [-0.25, -0.2) is 0 Å². The zero-order valence-corrected chi connectivity index (χ0v) is 7.71. The van der Waals surface area contributed by atoms with Gasteiger partial charge in [0.2, 0.25) is 0 Å². The molecule has 1 saturated heterocycles. The Morgan fingerprint density at radius 2 is 2.00 bits per heavy atom. The Kier molecular flexibility index (Phi) is 1.27. The Morgan fingerprint density at radius 3 is 2.77 bits per heavy atom. The van der Waals surface area contributed by atoms with Crippen LogP contribution in [0.5, 0.6) is 0 Å². The first kappa shape index (κ1) is 7.60. The quantitative estimate of drug-likeness (QED) is 0.419. The van der Waals surface area contributed by atoms with E-state index in [1.54, 1.807) is 0 Å². The van der Waals surface area contributed by atoms with Gasteiger partial charge in [0.05, 0.1) is 6.42 Å². The molecule has 3 fully saturated rings. The van der Waals surface area contributed by atoms with Crippen molar-refractivity contribution in [2.24, 2.45) is 11.8 Å². The van der Waals surface area contributed by atoms with Crippen molar-refractivity contribution in [3.8, 4) is 0 Å². The van der Waals surface area contributed by atoms with Crippen LogP contribution in [0.15, 0.2) is 12.2 Å². The summed E-state index contributed by atoms with van der Waals surface area (Å²) in [6.45, 7) is 4.03. The molecule has 2 aliphatic carbocycles. The molecule has 0 radical (unpaired) electrons. The van der Waals surface area contributed by atoms with Gasteiger partial charge >= 0.3 is 5.97 Å². The van der Waals surface area contributed by atoms with Crippen LogP contribution in [0.3, 0.4) is 0 Å². The normalized spacial score (nSPS) is 47.7. The molecule has 1 unspecified atom stereocenters. The van der Waals surface area contributed by atoms with E-state index >= 15 is 0 Å². The number of carbonyl (C=O) groups is 1. The van der Waals surface area contributed by atoms with E-state index in [9.17, 15) is 4.79 Å². The van der Waals surface area contributed by atoms with E-state index < -0.39 is 0 Å². The van der Waals surface area contributed by atoms with Crippen molar-refractivity contribution in [2.75, 3.05) is 0 Å². The summed E-state index contributed by atoms with van der Waals surface area (Å²) in [5, 5.41) is 0. The van der Waals surface area contributed by atoms with E-state index in [0.717, 1.165) is 12.8 Å². The monoisotopic (exact) mass is 178 g/mol. The fourth-order valence-electron chi connectivity index (χ4n) is 3.53. The second-order valence-corrected chi connectivity index (χ2v) is 4.74. The van der Waals surface area contributed by atoms with E-state index in [1.165, 1.54) is 18.4 Å². The Bertz CT molecular complexity index is 262. The SMILES string of the molecule is C=C1CC2CC[C@H]3CC(=O)O[C@@]23C1. The lowest BCUT2D eigenvalue weighted by atomic mass is 9.87. The summed E-state index contributed by atoms with van der Waals surface area (Å²) < 4.78 is 5.57. The Balaban J connectivity index is 2.00. The van der Waals surface area contributed by atoms with E-state index in [-0.39, 0.29) is 11.6 Å². The van der Waals surface area contributed by atoms with Gasteiger partial charge in [0, 0.05) is 18.3 Å². The molecule has 2 heteroatoms. The van der Waals surface area contributed by atoms with Crippen LogP contribution in [0.1, 0.15) is 32.1 Å². The summed E-state index contributed by atoms with van der Waals surface area (Å²) >= 11 is 0. The molecule has 2 saturated carbocycles. The third kappa shape index (κ3) is 0.812. The Labute approximate surface area is 78.0 Å². The topological polar surface area (TPSA) is 26.3 Å². The number of esters is 1. The molecule has 70 valence electrons. The lowest BCUT2D eigenvalue weighted by Crippen LogP contribution is -2.33. The third-order valence-corrected chi connectivity index (χ3v) is 4.02. The van der Waals surface area contributed by atoms with Gasteiger partial charge in [-0.2, -0.15) is 0 Å². The fraction of sp³-hybridized carbons (Fsp3) is 0.727. The molecule has 0 aromatic heterocycles. The lowest BCUT2D eigenvalue weighted by Gasteiger charge is -2.26. The van der Waals surface area contributed by atoms with E-state index in [0.29, 0.717) is 18.3 Å². The second kappa shape index (κ2) is 2.17. The zero-order valence-electron chi connectivity index (χ0n) is 7.71. The molecule has 2 nitrogen and oxygen atoms in total. The molecule has 3 rings (SSSR count). The van der Waals surface area contributed by atoms with Gasteiger partial charge in [0.15, 0.2) is 0 Å². The molecule has 0 aromatic carbocycles. The first-order valence-corrected chi connectivity index (χ1v) is 5.09. The van der Waals surface area contributed by atoms with Crippen molar-refractivity contribution in [1.82, 2.24) is 0 Å². The van der Waals surface area contributed by atoms with Crippen LogP contribution in [0.2, 0.25) is 0 Å². The second-order valence-electron chi connectivity index (χ2n) is 4.74. The van der Waals surface area contributed by atoms with Gasteiger partial charge in [-0.15, -0.1) is 0 Å². The van der Waals surface area contributed by atoms with E-state index in [4.69, 9.17) is 4.74 Å². The van der Waals surface area contributed by atoms with Crippen molar-refractivity contribution in [2.45, 2.75) is 37.7 Å². The minimum atomic E-state index is -0.0891. The maximum absolute atomic E-state index is 11.2. The number of ether oxygens (including phenoxy) is 1. The standard InChI is InChI=1S/C11H14O2/c1-7-4-8-2-3-9-5-10(12)13-11(8,9)6-7/h8-9H,1-6H2/t8?,9-,11-/m0/s1. The highest BCUT2D eigenvalue weighted by molar-refractivity contribution is 5.73. The molecule has 0 bridgehead atoms. The van der Waals surface area contributed by atoms with E-state index in [1.807, 2.05) is 0 Å². The highest BCUT2D eigenvalue weighted by Gasteiger charge is 2.60. The summed E-state index contributed by atoms with van der Waals surface area (Å²) in [5.41, 5.74) is 1.19. The lowest BCUT2D eigenvalue weighted by molar-refractivity contribution is -0.150. The van der Waals surface area contributed by atoms with Crippen molar-refractivity contribution in [3.05, 3.63) is 12.2 Å². The largest absolute Gasteiger partial charge is 0.458 e. The predicted molar refractivity (Wildman–Crippen MR) is 48.0 cm³/mol. The average Bonchev–Trinajstić information content (AvgIpc) is 2.56. The highest BCUT2D eigenvalue weighted by Crippen LogP contribution is 2.58. The number of hydrogen-bond donors (Lipinski definition) is 0. The van der Waals surface area contributed by atoms with Crippen LogP contribution in [-0.4, -0.2) is 11.6 Å². The average molecular weight is 178 g/mol. The minimum Gasteiger partial charge on any atom is -0.458 e. The fourth-order valence-corrected chi connectivity index (χ4v) is 3.53. The Morgan fingerprint density at radius 1 is 1.31 bits per heavy atom. The first-order valence-electron chi connectivity index (χ1n) is 5.09. The summed E-state index contributed by atoms with van der Waals surface area (Å²) in [4.78, 5) is 11.2. The maximum atomic E-state index is 11.2. The van der Waals surface area contributed by atoms with Gasteiger partial charge in [0.1, 0.15) is 5.60 Å². The van der Waals surface area contributed by atoms with Crippen molar-refractivity contribution < 1.29 is 9.53 Å². The van der Waals surface area contributed by atoms with Gasteiger partial charge < -0.3 is 4.74 Å². The maximum Gasteiger partial charge on any atom is 0.306 e. The molecule has 13 heavy (non-hydrogen) atoms. The van der Waals surface area contributed by atoms with E-state index in [2.05, 4.69) is 6.58 Å². The molecule has 1 spiro atoms. The third-order valence-electron chi connectivity index (χ3n) is 4.02. The molecule has 1 heterocycles.